The second-order valence-corrected chi connectivity index (χ2v) is 7.07. The van der Waals surface area contributed by atoms with Crippen molar-refractivity contribution < 1.29 is 22.7 Å². The second kappa shape index (κ2) is 7.35. The Morgan fingerprint density at radius 3 is 2.50 bits per heavy atom. The summed E-state index contributed by atoms with van der Waals surface area (Å²) in [4.78, 5) is 12.5. The summed E-state index contributed by atoms with van der Waals surface area (Å²) >= 11 is 0. The van der Waals surface area contributed by atoms with Gasteiger partial charge in [0.15, 0.2) is 21.3 Å². The van der Waals surface area contributed by atoms with Crippen molar-refractivity contribution in [2.75, 3.05) is 25.3 Å². The number of hydrogen-bond acceptors (Lipinski definition) is 5. The van der Waals surface area contributed by atoms with Gasteiger partial charge < -0.3 is 14.8 Å². The van der Waals surface area contributed by atoms with Gasteiger partial charge in [-0.05, 0) is 43.3 Å². The molecular formula is C17H19NO5S. The van der Waals surface area contributed by atoms with Crippen molar-refractivity contribution in [3.05, 3.63) is 48.0 Å². The van der Waals surface area contributed by atoms with Crippen LogP contribution in [-0.2, 0) is 9.84 Å². The maximum absolute atomic E-state index is 12.4. The molecule has 0 spiro atoms. The Morgan fingerprint density at radius 1 is 1.12 bits per heavy atom. The van der Waals surface area contributed by atoms with Gasteiger partial charge in [0.25, 0.3) is 5.91 Å². The number of carbonyl (C=O) groups is 1. The van der Waals surface area contributed by atoms with Crippen molar-refractivity contribution in [3.63, 3.8) is 0 Å². The molecule has 2 aromatic rings. The van der Waals surface area contributed by atoms with E-state index in [4.69, 9.17) is 9.47 Å². The first-order valence-corrected chi connectivity index (χ1v) is 9.16. The van der Waals surface area contributed by atoms with Crippen LogP contribution in [-0.4, -0.2) is 34.3 Å². The van der Waals surface area contributed by atoms with Crippen molar-refractivity contribution in [2.45, 2.75) is 11.8 Å². The number of hydrogen-bond donors (Lipinski definition) is 1. The highest BCUT2D eigenvalue weighted by atomic mass is 32.2. The van der Waals surface area contributed by atoms with Crippen molar-refractivity contribution in [2.24, 2.45) is 0 Å². The topological polar surface area (TPSA) is 81.7 Å². The zero-order valence-electron chi connectivity index (χ0n) is 13.7. The molecule has 0 saturated carbocycles. The third kappa shape index (κ3) is 4.26. The molecule has 6 nitrogen and oxygen atoms in total. The molecule has 0 fully saturated rings. The molecule has 0 atom stereocenters. The first kappa shape index (κ1) is 17.8. The van der Waals surface area contributed by atoms with Gasteiger partial charge in [0, 0.05) is 17.5 Å². The number of rotatable bonds is 6. The Balaban J connectivity index is 2.24. The lowest BCUT2D eigenvalue weighted by atomic mass is 10.2. The number of nitrogens with one attached hydrogen (secondary N) is 1. The third-order valence-corrected chi connectivity index (χ3v) is 4.36. The summed E-state index contributed by atoms with van der Waals surface area (Å²) in [6.45, 7) is 2.34. The molecule has 128 valence electrons. The second-order valence-electron chi connectivity index (χ2n) is 5.05. The van der Waals surface area contributed by atoms with Crippen molar-refractivity contribution in [3.8, 4) is 11.5 Å². The maximum atomic E-state index is 12.4. The summed E-state index contributed by atoms with van der Waals surface area (Å²) in [5, 5.41) is 2.67. The van der Waals surface area contributed by atoms with Gasteiger partial charge in [0.05, 0.1) is 18.6 Å². The standard InChI is InChI=1S/C17H19NO5S/c1-4-23-15-9-8-12(10-16(15)22-2)17(19)18-13-6-5-7-14(11-13)24(3,20)21/h5-11H,4H2,1-3H3,(H,18,19). The molecule has 0 aromatic heterocycles. The zero-order chi connectivity index (χ0) is 17.7. The fourth-order valence-corrected chi connectivity index (χ4v) is 2.76. The summed E-state index contributed by atoms with van der Waals surface area (Å²) in [5.74, 6) is 0.631. The molecule has 0 heterocycles. The van der Waals surface area contributed by atoms with E-state index in [1.807, 2.05) is 6.92 Å². The van der Waals surface area contributed by atoms with Crippen LogP contribution in [0.15, 0.2) is 47.4 Å². The molecule has 0 saturated heterocycles. The summed E-state index contributed by atoms with van der Waals surface area (Å²) in [6.07, 6.45) is 1.12. The van der Waals surface area contributed by atoms with Gasteiger partial charge in [-0.3, -0.25) is 4.79 Å². The molecule has 0 aliphatic rings. The highest BCUT2D eigenvalue weighted by Crippen LogP contribution is 2.28. The Kier molecular flexibility index (Phi) is 5.46. The first-order chi connectivity index (χ1) is 11.3. The van der Waals surface area contributed by atoms with E-state index in [0.717, 1.165) is 6.26 Å². The van der Waals surface area contributed by atoms with Crippen LogP contribution in [0.1, 0.15) is 17.3 Å². The van der Waals surface area contributed by atoms with E-state index in [1.54, 1.807) is 30.3 Å². The smallest absolute Gasteiger partial charge is 0.255 e. The van der Waals surface area contributed by atoms with Crippen LogP contribution in [0.2, 0.25) is 0 Å². The summed E-state index contributed by atoms with van der Waals surface area (Å²) < 4.78 is 33.8. The van der Waals surface area contributed by atoms with Crippen molar-refractivity contribution >= 4 is 21.4 Å². The van der Waals surface area contributed by atoms with Crippen LogP contribution in [0.3, 0.4) is 0 Å². The van der Waals surface area contributed by atoms with E-state index < -0.39 is 9.84 Å². The normalized spacial score (nSPS) is 11.0. The van der Waals surface area contributed by atoms with Crippen LogP contribution in [0.5, 0.6) is 11.5 Å². The predicted octanol–water partition coefficient (Wildman–Crippen LogP) is 2.75. The summed E-state index contributed by atoms with van der Waals surface area (Å²) in [5.41, 5.74) is 0.774. The Bertz CT molecular complexity index is 846. The quantitative estimate of drug-likeness (QED) is 0.867. The fraction of sp³-hybridized carbons (Fsp3) is 0.235. The fourth-order valence-electron chi connectivity index (χ4n) is 2.09. The number of sulfone groups is 1. The van der Waals surface area contributed by atoms with Gasteiger partial charge in [-0.1, -0.05) is 6.07 Å². The zero-order valence-corrected chi connectivity index (χ0v) is 14.5. The Labute approximate surface area is 141 Å². The first-order valence-electron chi connectivity index (χ1n) is 7.27. The van der Waals surface area contributed by atoms with Crippen LogP contribution < -0.4 is 14.8 Å². The SMILES string of the molecule is CCOc1ccc(C(=O)Nc2cccc(S(C)(=O)=O)c2)cc1OC. The van der Waals surface area contributed by atoms with Crippen LogP contribution in [0.4, 0.5) is 5.69 Å². The average Bonchev–Trinajstić information content (AvgIpc) is 2.55. The van der Waals surface area contributed by atoms with Gasteiger partial charge in [0.1, 0.15) is 0 Å². The molecule has 7 heteroatoms. The van der Waals surface area contributed by atoms with E-state index in [9.17, 15) is 13.2 Å². The average molecular weight is 349 g/mol. The Hall–Kier alpha value is -2.54. The molecule has 0 aliphatic carbocycles. The molecule has 2 aromatic carbocycles. The highest BCUT2D eigenvalue weighted by molar-refractivity contribution is 7.90. The molecule has 0 unspecified atom stereocenters. The summed E-state index contributed by atoms with van der Waals surface area (Å²) in [6, 6.07) is 10.9. The van der Waals surface area contributed by atoms with E-state index >= 15 is 0 Å². The largest absolute Gasteiger partial charge is 0.493 e. The minimum Gasteiger partial charge on any atom is -0.493 e. The van der Waals surface area contributed by atoms with Gasteiger partial charge in [0.2, 0.25) is 0 Å². The molecule has 1 N–H and O–H groups in total. The van der Waals surface area contributed by atoms with E-state index in [1.165, 1.54) is 19.2 Å². The molecule has 1 amide bonds. The van der Waals surface area contributed by atoms with Gasteiger partial charge in [-0.2, -0.15) is 0 Å². The van der Waals surface area contributed by atoms with Crippen molar-refractivity contribution in [1.82, 2.24) is 0 Å². The maximum Gasteiger partial charge on any atom is 0.255 e. The minimum absolute atomic E-state index is 0.143. The molecule has 2 rings (SSSR count). The highest BCUT2D eigenvalue weighted by Gasteiger charge is 2.13. The van der Waals surface area contributed by atoms with Crippen LogP contribution in [0.25, 0.3) is 0 Å². The molecule has 24 heavy (non-hydrogen) atoms. The molecule has 0 radical (unpaired) electrons. The number of carbonyl (C=O) groups excluding carboxylic acids is 1. The summed E-state index contributed by atoms with van der Waals surface area (Å²) in [7, 11) is -1.84. The number of amides is 1. The number of benzene rings is 2. The molecular weight excluding hydrogens is 330 g/mol. The minimum atomic E-state index is -3.34. The van der Waals surface area contributed by atoms with E-state index in [2.05, 4.69) is 5.32 Å². The van der Waals surface area contributed by atoms with E-state index in [-0.39, 0.29) is 10.8 Å². The molecule has 0 bridgehead atoms. The lowest BCUT2D eigenvalue weighted by Gasteiger charge is -2.11. The van der Waals surface area contributed by atoms with Crippen molar-refractivity contribution in [1.29, 1.82) is 0 Å². The van der Waals surface area contributed by atoms with E-state index in [0.29, 0.717) is 29.4 Å². The van der Waals surface area contributed by atoms with Gasteiger partial charge >= 0.3 is 0 Å². The molecule has 0 aliphatic heterocycles. The lowest BCUT2D eigenvalue weighted by molar-refractivity contribution is 0.102. The third-order valence-electron chi connectivity index (χ3n) is 3.25. The Morgan fingerprint density at radius 2 is 1.88 bits per heavy atom. The number of methoxy groups -OCH3 is 1. The van der Waals surface area contributed by atoms with Crippen LogP contribution >= 0.6 is 0 Å². The number of anilines is 1. The van der Waals surface area contributed by atoms with Crippen LogP contribution in [0, 0.1) is 0 Å². The lowest BCUT2D eigenvalue weighted by Crippen LogP contribution is -2.12. The van der Waals surface area contributed by atoms with Gasteiger partial charge in [-0.15, -0.1) is 0 Å². The monoisotopic (exact) mass is 349 g/mol. The predicted molar refractivity (Wildman–Crippen MR) is 91.7 cm³/mol. The number of ether oxygens (including phenoxy) is 2. The van der Waals surface area contributed by atoms with Gasteiger partial charge in [-0.25, -0.2) is 8.42 Å².